The molecular weight excluding hydrogens is 286 g/mol. The zero-order valence-electron chi connectivity index (χ0n) is 10.2. The van der Waals surface area contributed by atoms with Gasteiger partial charge in [-0.3, -0.25) is 4.79 Å². The van der Waals surface area contributed by atoms with Gasteiger partial charge in [0.05, 0.1) is 19.8 Å². The summed E-state index contributed by atoms with van der Waals surface area (Å²) in [6.45, 7) is 0.826. The van der Waals surface area contributed by atoms with Crippen molar-refractivity contribution in [2.24, 2.45) is 0 Å². The number of carbonyl (C=O) groups excluding carboxylic acids is 1. The smallest absolute Gasteiger partial charge is 0.172 e. The maximum absolute atomic E-state index is 11.0. The van der Waals surface area contributed by atoms with Crippen LogP contribution in [0.2, 0.25) is 0 Å². The first kappa shape index (κ1) is 14.0. The maximum atomic E-state index is 11.0. The van der Waals surface area contributed by atoms with Gasteiger partial charge in [0.1, 0.15) is 0 Å². The van der Waals surface area contributed by atoms with Crippen molar-refractivity contribution >= 4 is 22.2 Å². The van der Waals surface area contributed by atoms with E-state index in [0.717, 1.165) is 29.3 Å². The third-order valence-corrected chi connectivity index (χ3v) is 3.13. The molecule has 0 aliphatic carbocycles. The summed E-state index contributed by atoms with van der Waals surface area (Å²) in [7, 11) is 4.99. The first-order valence-corrected chi connectivity index (χ1v) is 6.02. The second-order valence-electron chi connectivity index (χ2n) is 3.47. The Morgan fingerprint density at radius 1 is 1.35 bits per heavy atom. The molecule has 4 nitrogen and oxygen atoms in total. The van der Waals surface area contributed by atoms with Crippen LogP contribution < -0.4 is 14.8 Å². The van der Waals surface area contributed by atoms with Crippen LogP contribution in [-0.4, -0.2) is 34.1 Å². The fraction of sp³-hybridized carbons (Fsp3) is 0.417. The molecule has 94 valence electrons. The summed E-state index contributed by atoms with van der Waals surface area (Å²) < 4.78 is 11.3. The van der Waals surface area contributed by atoms with Crippen molar-refractivity contribution in [1.82, 2.24) is 5.32 Å². The molecule has 0 aromatic heterocycles. The zero-order chi connectivity index (χ0) is 12.8. The van der Waals surface area contributed by atoms with Gasteiger partial charge in [-0.2, -0.15) is 0 Å². The Morgan fingerprint density at radius 2 is 2.00 bits per heavy atom. The summed E-state index contributed by atoms with van der Waals surface area (Å²) in [5.74, 6) is 1.09. The topological polar surface area (TPSA) is 47.6 Å². The first-order chi connectivity index (χ1) is 8.19. The van der Waals surface area contributed by atoms with Gasteiger partial charge in [0.25, 0.3) is 0 Å². The van der Waals surface area contributed by atoms with Crippen LogP contribution in [0.1, 0.15) is 15.9 Å². The van der Waals surface area contributed by atoms with Crippen molar-refractivity contribution in [2.45, 2.75) is 6.42 Å². The molecule has 1 aromatic carbocycles. The predicted molar refractivity (Wildman–Crippen MR) is 70.3 cm³/mol. The Labute approximate surface area is 109 Å². The van der Waals surface area contributed by atoms with E-state index >= 15 is 0 Å². The number of likely N-dealkylation sites (N-methyl/N-ethyl adjacent to an activating group) is 1. The van der Waals surface area contributed by atoms with Gasteiger partial charge < -0.3 is 14.8 Å². The normalized spacial score (nSPS) is 10.1. The van der Waals surface area contributed by atoms with Gasteiger partial charge in [0, 0.05) is 10.0 Å². The van der Waals surface area contributed by atoms with Crippen molar-refractivity contribution < 1.29 is 14.3 Å². The van der Waals surface area contributed by atoms with Crippen LogP contribution in [0.5, 0.6) is 11.5 Å². The molecule has 0 radical (unpaired) electrons. The largest absolute Gasteiger partial charge is 0.493 e. The fourth-order valence-corrected chi connectivity index (χ4v) is 2.20. The van der Waals surface area contributed by atoms with Crippen LogP contribution in [0.4, 0.5) is 0 Å². The van der Waals surface area contributed by atoms with E-state index in [1.54, 1.807) is 7.11 Å². The monoisotopic (exact) mass is 301 g/mol. The molecule has 0 saturated carbocycles. The number of aldehydes is 1. The average molecular weight is 302 g/mol. The van der Waals surface area contributed by atoms with Gasteiger partial charge >= 0.3 is 0 Å². The third-order valence-electron chi connectivity index (χ3n) is 2.47. The minimum absolute atomic E-state index is 0.470. The van der Waals surface area contributed by atoms with Crippen LogP contribution in [0.25, 0.3) is 0 Å². The Kier molecular flexibility index (Phi) is 5.44. The number of benzene rings is 1. The number of halogens is 1. The SMILES string of the molecule is CNCCc1cc(Br)c(C=O)c(OC)c1OC. The molecule has 0 unspecified atom stereocenters. The average Bonchev–Trinajstić information content (AvgIpc) is 2.35. The van der Waals surface area contributed by atoms with Crippen LogP contribution in [0.15, 0.2) is 10.5 Å². The zero-order valence-corrected chi connectivity index (χ0v) is 11.8. The Morgan fingerprint density at radius 3 is 2.47 bits per heavy atom. The molecule has 17 heavy (non-hydrogen) atoms. The van der Waals surface area contributed by atoms with Crippen LogP contribution >= 0.6 is 15.9 Å². The van der Waals surface area contributed by atoms with E-state index < -0.39 is 0 Å². The van der Waals surface area contributed by atoms with Gasteiger partial charge in [-0.1, -0.05) is 0 Å². The highest BCUT2D eigenvalue weighted by molar-refractivity contribution is 9.10. The first-order valence-electron chi connectivity index (χ1n) is 5.22. The van der Waals surface area contributed by atoms with Crippen LogP contribution in [0, 0.1) is 0 Å². The molecule has 0 aliphatic heterocycles. The molecule has 5 heteroatoms. The summed E-state index contributed by atoms with van der Waals surface area (Å²) in [4.78, 5) is 11.0. The second kappa shape index (κ2) is 6.61. The highest BCUT2D eigenvalue weighted by atomic mass is 79.9. The van der Waals surface area contributed by atoms with Crippen molar-refractivity contribution in [2.75, 3.05) is 27.8 Å². The molecule has 1 rings (SSSR count). The van der Waals surface area contributed by atoms with Crippen LogP contribution in [-0.2, 0) is 6.42 Å². The lowest BCUT2D eigenvalue weighted by Crippen LogP contribution is -2.11. The minimum atomic E-state index is 0.470. The fourth-order valence-electron chi connectivity index (χ4n) is 1.65. The van der Waals surface area contributed by atoms with E-state index in [1.807, 2.05) is 13.1 Å². The third kappa shape index (κ3) is 2.98. The number of hydrogen-bond acceptors (Lipinski definition) is 4. The molecule has 1 aromatic rings. The van der Waals surface area contributed by atoms with E-state index in [0.29, 0.717) is 17.1 Å². The molecule has 0 heterocycles. The highest BCUT2D eigenvalue weighted by Gasteiger charge is 2.17. The van der Waals surface area contributed by atoms with Gasteiger partial charge in [0.15, 0.2) is 17.8 Å². The summed E-state index contributed by atoms with van der Waals surface area (Å²) in [6, 6.07) is 1.89. The Balaban J connectivity index is 3.31. The molecule has 0 bridgehead atoms. The molecule has 0 aliphatic rings. The van der Waals surface area contributed by atoms with E-state index in [9.17, 15) is 4.79 Å². The maximum Gasteiger partial charge on any atom is 0.172 e. The lowest BCUT2D eigenvalue weighted by molar-refractivity contribution is 0.111. The summed E-state index contributed by atoms with van der Waals surface area (Å²) in [5.41, 5.74) is 1.47. The van der Waals surface area contributed by atoms with Crippen molar-refractivity contribution in [3.63, 3.8) is 0 Å². The molecule has 1 N–H and O–H groups in total. The van der Waals surface area contributed by atoms with Gasteiger partial charge in [-0.25, -0.2) is 0 Å². The van der Waals surface area contributed by atoms with Gasteiger partial charge in [-0.05, 0) is 42.0 Å². The quantitative estimate of drug-likeness (QED) is 0.817. The molecule has 0 fully saturated rings. The number of methoxy groups -OCH3 is 2. The lowest BCUT2D eigenvalue weighted by atomic mass is 10.1. The lowest BCUT2D eigenvalue weighted by Gasteiger charge is -2.15. The molecular formula is C12H16BrNO3. The van der Waals surface area contributed by atoms with Crippen molar-refractivity contribution in [1.29, 1.82) is 0 Å². The van der Waals surface area contributed by atoms with Crippen molar-refractivity contribution in [3.8, 4) is 11.5 Å². The minimum Gasteiger partial charge on any atom is -0.493 e. The molecule has 0 saturated heterocycles. The second-order valence-corrected chi connectivity index (χ2v) is 4.32. The summed E-state index contributed by atoms with van der Waals surface area (Å²) >= 11 is 3.37. The standard InChI is InChI=1S/C12H16BrNO3/c1-14-5-4-8-6-10(13)9(7-15)12(17-3)11(8)16-2/h6-7,14H,4-5H2,1-3H3. The van der Waals surface area contributed by atoms with Gasteiger partial charge in [-0.15, -0.1) is 0 Å². The summed E-state index contributed by atoms with van der Waals surface area (Å²) in [5, 5.41) is 3.07. The van der Waals surface area contributed by atoms with Crippen LogP contribution in [0.3, 0.4) is 0 Å². The molecule has 0 atom stereocenters. The number of hydrogen-bond donors (Lipinski definition) is 1. The summed E-state index contributed by atoms with van der Waals surface area (Å²) in [6.07, 6.45) is 1.56. The number of nitrogens with one attached hydrogen (secondary N) is 1. The Hall–Kier alpha value is -1.07. The Bertz CT molecular complexity index is 407. The number of rotatable bonds is 6. The predicted octanol–water partition coefficient (Wildman–Crippen LogP) is 2.04. The number of ether oxygens (including phenoxy) is 2. The van der Waals surface area contributed by atoms with Gasteiger partial charge in [0.2, 0.25) is 0 Å². The molecule has 0 spiro atoms. The van der Waals surface area contributed by atoms with E-state index in [1.165, 1.54) is 7.11 Å². The number of carbonyl (C=O) groups is 1. The van der Waals surface area contributed by atoms with E-state index in [-0.39, 0.29) is 0 Å². The highest BCUT2D eigenvalue weighted by Crippen LogP contribution is 2.38. The van der Waals surface area contributed by atoms with E-state index in [4.69, 9.17) is 9.47 Å². The van der Waals surface area contributed by atoms with Crippen molar-refractivity contribution in [3.05, 3.63) is 21.7 Å². The molecule has 0 amide bonds. The van der Waals surface area contributed by atoms with E-state index in [2.05, 4.69) is 21.2 Å².